The summed E-state index contributed by atoms with van der Waals surface area (Å²) in [4.78, 5) is 11.8. The van der Waals surface area contributed by atoms with E-state index in [0.29, 0.717) is 45.4 Å². The lowest BCUT2D eigenvalue weighted by Crippen LogP contribution is -2.44. The van der Waals surface area contributed by atoms with Gasteiger partial charge in [-0.3, -0.25) is 4.79 Å². The number of hydrogen-bond donors (Lipinski definition) is 2. The Balaban J connectivity index is 2.42. The molecule has 0 aromatic carbocycles. The Kier molecular flexibility index (Phi) is 6.74. The number of nitrogens with two attached hydrogens (primary N) is 1. The van der Waals surface area contributed by atoms with E-state index in [1.165, 1.54) is 4.31 Å². The molecule has 19 heavy (non-hydrogen) atoms. The van der Waals surface area contributed by atoms with Crippen LogP contribution in [-0.4, -0.2) is 50.6 Å². The highest BCUT2D eigenvalue weighted by Crippen LogP contribution is 2.20. The molecule has 0 aliphatic carbocycles. The van der Waals surface area contributed by atoms with Gasteiger partial charge in [-0.1, -0.05) is 13.3 Å². The van der Waals surface area contributed by atoms with Crippen LogP contribution >= 0.6 is 0 Å². The topological polar surface area (TPSA) is 92.5 Å². The molecule has 0 atom stereocenters. The lowest BCUT2D eigenvalue weighted by Gasteiger charge is -2.30. The van der Waals surface area contributed by atoms with E-state index in [1.807, 2.05) is 6.92 Å². The van der Waals surface area contributed by atoms with Gasteiger partial charge < -0.3 is 11.1 Å². The molecule has 0 spiro atoms. The van der Waals surface area contributed by atoms with Crippen LogP contribution in [0.1, 0.15) is 32.6 Å². The second-order valence-electron chi connectivity index (χ2n) is 4.92. The highest BCUT2D eigenvalue weighted by atomic mass is 32.2. The third-order valence-corrected chi connectivity index (χ3v) is 5.37. The largest absolute Gasteiger partial charge is 0.355 e. The van der Waals surface area contributed by atoms with Crippen molar-refractivity contribution >= 4 is 15.9 Å². The number of nitrogens with one attached hydrogen (secondary N) is 1. The van der Waals surface area contributed by atoms with Crippen LogP contribution < -0.4 is 11.1 Å². The van der Waals surface area contributed by atoms with Gasteiger partial charge in [-0.2, -0.15) is 0 Å². The van der Waals surface area contributed by atoms with Crippen LogP contribution in [0.5, 0.6) is 0 Å². The van der Waals surface area contributed by atoms with Gasteiger partial charge in [0, 0.05) is 32.1 Å². The molecule has 3 N–H and O–H groups in total. The van der Waals surface area contributed by atoms with Crippen LogP contribution in [-0.2, 0) is 14.8 Å². The van der Waals surface area contributed by atoms with Gasteiger partial charge in [0.1, 0.15) is 0 Å². The maximum absolute atomic E-state index is 12.0. The zero-order valence-corrected chi connectivity index (χ0v) is 12.4. The summed E-state index contributed by atoms with van der Waals surface area (Å²) in [5.74, 6) is 0.133. The number of nitrogens with zero attached hydrogens (tertiary/aromatic N) is 1. The number of piperidine rings is 1. The molecule has 0 aromatic heterocycles. The summed E-state index contributed by atoms with van der Waals surface area (Å²) < 4.78 is 25.5. The van der Waals surface area contributed by atoms with Gasteiger partial charge in [0.2, 0.25) is 15.9 Å². The Hall–Kier alpha value is -0.660. The minimum Gasteiger partial charge on any atom is -0.355 e. The summed E-state index contributed by atoms with van der Waals surface area (Å²) in [5.41, 5.74) is 5.33. The van der Waals surface area contributed by atoms with Crippen LogP contribution in [0, 0.1) is 5.92 Å². The summed E-state index contributed by atoms with van der Waals surface area (Å²) in [7, 11) is -3.13. The van der Waals surface area contributed by atoms with Crippen molar-refractivity contribution in [3.63, 3.8) is 0 Å². The molecule has 1 aliphatic rings. The first-order valence-corrected chi connectivity index (χ1v) is 8.57. The molecule has 0 unspecified atom stereocenters. The van der Waals surface area contributed by atoms with E-state index >= 15 is 0 Å². The maximum Gasteiger partial charge on any atom is 0.223 e. The minimum atomic E-state index is -3.13. The fourth-order valence-electron chi connectivity index (χ4n) is 2.19. The van der Waals surface area contributed by atoms with E-state index in [-0.39, 0.29) is 17.6 Å². The lowest BCUT2D eigenvalue weighted by atomic mass is 9.97. The van der Waals surface area contributed by atoms with Crippen LogP contribution in [0.2, 0.25) is 0 Å². The van der Waals surface area contributed by atoms with Crippen LogP contribution in [0.4, 0.5) is 0 Å². The van der Waals surface area contributed by atoms with Crippen molar-refractivity contribution in [2.45, 2.75) is 32.6 Å². The number of carbonyl (C=O) groups excluding carboxylic acids is 1. The average Bonchev–Trinajstić information content (AvgIpc) is 2.42. The third-order valence-electron chi connectivity index (χ3n) is 3.42. The smallest absolute Gasteiger partial charge is 0.223 e. The van der Waals surface area contributed by atoms with Crippen molar-refractivity contribution in [3.8, 4) is 0 Å². The number of sulfonamides is 1. The van der Waals surface area contributed by atoms with Crippen LogP contribution in [0.25, 0.3) is 0 Å². The van der Waals surface area contributed by atoms with Gasteiger partial charge in [-0.15, -0.1) is 0 Å². The zero-order valence-electron chi connectivity index (χ0n) is 11.6. The van der Waals surface area contributed by atoms with Crippen LogP contribution in [0.3, 0.4) is 0 Å². The molecule has 7 heteroatoms. The first-order valence-electron chi connectivity index (χ1n) is 6.97. The minimum absolute atomic E-state index is 0.00365. The first-order chi connectivity index (χ1) is 9.01. The molecule has 1 aliphatic heterocycles. The van der Waals surface area contributed by atoms with Crippen molar-refractivity contribution in [3.05, 3.63) is 0 Å². The summed E-state index contributed by atoms with van der Waals surface area (Å²) in [5, 5.41) is 2.76. The second kappa shape index (κ2) is 7.81. The molecule has 6 nitrogen and oxygen atoms in total. The second-order valence-corrected chi connectivity index (χ2v) is 7.01. The fraction of sp³-hybridized carbons (Fsp3) is 0.917. The molecule has 1 amide bonds. The average molecular weight is 291 g/mol. The molecular weight excluding hydrogens is 266 g/mol. The van der Waals surface area contributed by atoms with Crippen molar-refractivity contribution in [2.24, 2.45) is 11.7 Å². The van der Waals surface area contributed by atoms with Gasteiger partial charge >= 0.3 is 0 Å². The highest BCUT2D eigenvalue weighted by molar-refractivity contribution is 7.89. The Labute approximate surface area is 115 Å². The van der Waals surface area contributed by atoms with Crippen molar-refractivity contribution in [2.75, 3.05) is 31.9 Å². The number of amides is 1. The first kappa shape index (κ1) is 16.4. The van der Waals surface area contributed by atoms with Gasteiger partial charge in [0.05, 0.1) is 5.75 Å². The number of carbonyl (C=O) groups is 1. The summed E-state index contributed by atoms with van der Waals surface area (Å²) in [6.45, 7) is 3.78. The Morgan fingerprint density at radius 1 is 1.37 bits per heavy atom. The molecule has 112 valence electrons. The van der Waals surface area contributed by atoms with Crippen molar-refractivity contribution in [1.29, 1.82) is 0 Å². The molecule has 0 radical (unpaired) electrons. The SMILES string of the molecule is CCCCS(=O)(=O)N1CCC(C(=O)NCCN)CC1. The Bertz CT molecular complexity index is 376. The number of rotatable bonds is 7. The highest BCUT2D eigenvalue weighted by Gasteiger charge is 2.30. The van der Waals surface area contributed by atoms with Crippen LogP contribution in [0.15, 0.2) is 0 Å². The molecule has 0 bridgehead atoms. The maximum atomic E-state index is 12.0. The predicted molar refractivity (Wildman–Crippen MR) is 75.1 cm³/mol. The third kappa shape index (κ3) is 5.08. The normalized spacial score (nSPS) is 18.4. The molecule has 1 fully saturated rings. The summed E-state index contributed by atoms with van der Waals surface area (Å²) in [6.07, 6.45) is 2.76. The summed E-state index contributed by atoms with van der Waals surface area (Å²) >= 11 is 0. The number of hydrogen-bond acceptors (Lipinski definition) is 4. The molecule has 1 rings (SSSR count). The molecule has 0 aromatic rings. The van der Waals surface area contributed by atoms with E-state index < -0.39 is 10.0 Å². The Morgan fingerprint density at radius 3 is 2.53 bits per heavy atom. The molecule has 1 heterocycles. The van der Waals surface area contributed by atoms with Gasteiger partial charge in [0.25, 0.3) is 0 Å². The quantitative estimate of drug-likeness (QED) is 0.685. The lowest BCUT2D eigenvalue weighted by molar-refractivity contribution is -0.126. The molecule has 0 saturated carbocycles. The van der Waals surface area contributed by atoms with E-state index in [1.54, 1.807) is 0 Å². The monoisotopic (exact) mass is 291 g/mol. The predicted octanol–water partition coefficient (Wildman–Crippen LogP) is -0.0968. The van der Waals surface area contributed by atoms with Gasteiger partial charge in [0.15, 0.2) is 0 Å². The summed E-state index contributed by atoms with van der Waals surface area (Å²) in [6, 6.07) is 0. The zero-order chi connectivity index (χ0) is 14.3. The van der Waals surface area contributed by atoms with E-state index in [2.05, 4.69) is 5.32 Å². The molecule has 1 saturated heterocycles. The number of unbranched alkanes of at least 4 members (excludes halogenated alkanes) is 1. The van der Waals surface area contributed by atoms with Gasteiger partial charge in [-0.25, -0.2) is 12.7 Å². The van der Waals surface area contributed by atoms with E-state index in [4.69, 9.17) is 5.73 Å². The van der Waals surface area contributed by atoms with Crippen molar-refractivity contribution in [1.82, 2.24) is 9.62 Å². The fourth-order valence-corrected chi connectivity index (χ4v) is 3.87. The standard InChI is InChI=1S/C12H25N3O3S/c1-2-3-10-19(17,18)15-8-4-11(5-9-15)12(16)14-7-6-13/h11H,2-10,13H2,1H3,(H,14,16). The van der Waals surface area contributed by atoms with E-state index in [9.17, 15) is 13.2 Å². The van der Waals surface area contributed by atoms with Gasteiger partial charge in [-0.05, 0) is 19.3 Å². The Morgan fingerprint density at radius 2 is 2.00 bits per heavy atom. The van der Waals surface area contributed by atoms with Crippen molar-refractivity contribution < 1.29 is 13.2 Å². The van der Waals surface area contributed by atoms with E-state index in [0.717, 1.165) is 6.42 Å². The molecular formula is C12H25N3O3S.